The van der Waals surface area contributed by atoms with Gasteiger partial charge in [-0.05, 0) is 26.0 Å². The highest BCUT2D eigenvalue weighted by molar-refractivity contribution is 5.88. The molecule has 0 aliphatic carbocycles. The van der Waals surface area contributed by atoms with E-state index in [0.29, 0.717) is 11.1 Å². The minimum atomic E-state index is -0.756. The van der Waals surface area contributed by atoms with Gasteiger partial charge in [-0.25, -0.2) is 4.79 Å². The fourth-order valence-corrected chi connectivity index (χ4v) is 3.17. The molecule has 152 valence electrons. The van der Waals surface area contributed by atoms with Crippen LogP contribution in [-0.2, 0) is 4.74 Å². The minimum Gasteiger partial charge on any atom is -0.493 e. The Kier molecular flexibility index (Phi) is 5.96. The molecule has 0 spiro atoms. The summed E-state index contributed by atoms with van der Waals surface area (Å²) in [6, 6.07) is 4.65. The van der Waals surface area contributed by atoms with Crippen molar-refractivity contribution in [2.75, 3.05) is 20.8 Å². The van der Waals surface area contributed by atoms with E-state index in [0.717, 1.165) is 0 Å². The summed E-state index contributed by atoms with van der Waals surface area (Å²) in [6.45, 7) is 5.96. The third-order valence-corrected chi connectivity index (χ3v) is 4.79. The van der Waals surface area contributed by atoms with Crippen molar-refractivity contribution >= 4 is 11.0 Å². The van der Waals surface area contributed by atoms with Crippen LogP contribution in [0.4, 0.5) is 0 Å². The standard InChI is InChI=1S/C21H26O7/c1-11(2)8-16-18(27-16)12(3)14(22)10-26-20-15(24-4)9-13-6-7-17(23)28-19(13)21(20)25-5/h6-9,12,14,16,18,22H,10H2,1-5H3/t12-,14+,16+,18+/m1/s1. The van der Waals surface area contributed by atoms with Gasteiger partial charge < -0.3 is 28.5 Å². The maximum absolute atomic E-state index is 11.6. The van der Waals surface area contributed by atoms with Crippen molar-refractivity contribution in [2.45, 2.75) is 39.1 Å². The molecule has 1 aromatic heterocycles. The number of hydrogen-bond acceptors (Lipinski definition) is 7. The zero-order chi connectivity index (χ0) is 20.4. The first-order chi connectivity index (χ1) is 13.3. The maximum Gasteiger partial charge on any atom is 0.336 e. The molecule has 1 aliphatic rings. The molecule has 1 saturated heterocycles. The van der Waals surface area contributed by atoms with Gasteiger partial charge in [0.15, 0.2) is 11.3 Å². The summed E-state index contributed by atoms with van der Waals surface area (Å²) in [5.74, 6) is 0.826. The van der Waals surface area contributed by atoms with Gasteiger partial charge in [0.2, 0.25) is 11.5 Å². The van der Waals surface area contributed by atoms with Crippen molar-refractivity contribution in [2.24, 2.45) is 5.92 Å². The SMILES string of the molecule is COc1cc2ccc(=O)oc2c(OC)c1OC[C@H](O)[C@@H](C)[C@@H]1O[C@H]1C=C(C)C. The Balaban J connectivity index is 1.80. The maximum atomic E-state index is 11.6. The number of benzene rings is 1. The molecule has 4 atom stereocenters. The number of methoxy groups -OCH3 is 2. The number of allylic oxidation sites excluding steroid dienone is 1. The summed E-state index contributed by atoms with van der Waals surface area (Å²) >= 11 is 0. The highest BCUT2D eigenvalue weighted by Crippen LogP contribution is 2.43. The number of ether oxygens (including phenoxy) is 4. The van der Waals surface area contributed by atoms with Gasteiger partial charge in [-0.15, -0.1) is 0 Å². The Morgan fingerprint density at radius 1 is 1.25 bits per heavy atom. The summed E-state index contributed by atoms with van der Waals surface area (Å²) in [4.78, 5) is 11.6. The van der Waals surface area contributed by atoms with Crippen molar-refractivity contribution in [1.29, 1.82) is 0 Å². The van der Waals surface area contributed by atoms with Gasteiger partial charge in [-0.1, -0.05) is 18.6 Å². The van der Waals surface area contributed by atoms with Crippen LogP contribution in [-0.4, -0.2) is 44.2 Å². The molecule has 1 fully saturated rings. The van der Waals surface area contributed by atoms with Crippen molar-refractivity contribution in [3.63, 3.8) is 0 Å². The van der Waals surface area contributed by atoms with E-state index in [4.69, 9.17) is 23.4 Å². The Labute approximate surface area is 163 Å². The van der Waals surface area contributed by atoms with Crippen LogP contribution in [0, 0.1) is 5.92 Å². The van der Waals surface area contributed by atoms with Crippen LogP contribution in [0.25, 0.3) is 11.0 Å². The van der Waals surface area contributed by atoms with E-state index < -0.39 is 11.7 Å². The van der Waals surface area contributed by atoms with E-state index in [1.54, 1.807) is 12.1 Å². The molecule has 1 N–H and O–H groups in total. The van der Waals surface area contributed by atoms with Crippen LogP contribution in [0.5, 0.6) is 17.2 Å². The number of aliphatic hydroxyl groups is 1. The molecular weight excluding hydrogens is 364 g/mol. The van der Waals surface area contributed by atoms with Crippen LogP contribution < -0.4 is 19.8 Å². The highest BCUT2D eigenvalue weighted by atomic mass is 16.6. The second-order valence-electron chi connectivity index (χ2n) is 7.16. The predicted molar refractivity (Wildman–Crippen MR) is 104 cm³/mol. The van der Waals surface area contributed by atoms with Crippen molar-refractivity contribution in [3.05, 3.63) is 40.3 Å². The lowest BCUT2D eigenvalue weighted by atomic mass is 9.98. The molecule has 7 heteroatoms. The van der Waals surface area contributed by atoms with E-state index in [1.165, 1.54) is 25.9 Å². The second kappa shape index (κ2) is 8.24. The molecule has 28 heavy (non-hydrogen) atoms. The Bertz CT molecular complexity index is 926. The molecule has 1 aromatic carbocycles. The van der Waals surface area contributed by atoms with Crippen molar-refractivity contribution < 1.29 is 28.5 Å². The van der Waals surface area contributed by atoms with Gasteiger partial charge >= 0.3 is 5.63 Å². The molecule has 0 saturated carbocycles. The molecule has 2 heterocycles. The number of aliphatic hydroxyl groups excluding tert-OH is 1. The van der Waals surface area contributed by atoms with E-state index in [-0.39, 0.29) is 41.8 Å². The number of rotatable bonds is 8. The summed E-state index contributed by atoms with van der Waals surface area (Å²) < 4.78 is 27.6. The van der Waals surface area contributed by atoms with E-state index in [9.17, 15) is 9.90 Å². The van der Waals surface area contributed by atoms with Crippen LogP contribution in [0.15, 0.2) is 39.1 Å². The first kappa shape index (κ1) is 20.2. The first-order valence-corrected chi connectivity index (χ1v) is 9.16. The Morgan fingerprint density at radius 2 is 2.00 bits per heavy atom. The monoisotopic (exact) mass is 390 g/mol. The first-order valence-electron chi connectivity index (χ1n) is 9.16. The summed E-state index contributed by atoms with van der Waals surface area (Å²) in [5.41, 5.74) is 0.951. The zero-order valence-electron chi connectivity index (χ0n) is 16.7. The smallest absolute Gasteiger partial charge is 0.336 e. The summed E-state index contributed by atoms with van der Waals surface area (Å²) in [7, 11) is 2.96. The van der Waals surface area contributed by atoms with Crippen molar-refractivity contribution in [3.8, 4) is 17.2 Å². The number of hydrogen-bond donors (Lipinski definition) is 1. The van der Waals surface area contributed by atoms with E-state index in [2.05, 4.69) is 0 Å². The van der Waals surface area contributed by atoms with Crippen LogP contribution >= 0.6 is 0 Å². The number of fused-ring (bicyclic) bond motifs is 1. The van der Waals surface area contributed by atoms with Gasteiger partial charge in [-0.2, -0.15) is 0 Å². The van der Waals surface area contributed by atoms with E-state index >= 15 is 0 Å². The third kappa shape index (κ3) is 4.15. The topological polar surface area (TPSA) is 90.7 Å². The molecule has 3 rings (SSSR count). The average molecular weight is 390 g/mol. The highest BCUT2D eigenvalue weighted by Gasteiger charge is 2.44. The third-order valence-electron chi connectivity index (χ3n) is 4.79. The Hall–Kier alpha value is -2.51. The lowest BCUT2D eigenvalue weighted by Gasteiger charge is -2.20. The van der Waals surface area contributed by atoms with Gasteiger partial charge in [0.25, 0.3) is 0 Å². The molecule has 0 unspecified atom stereocenters. The van der Waals surface area contributed by atoms with Crippen LogP contribution in [0.3, 0.4) is 0 Å². The molecule has 0 amide bonds. The van der Waals surface area contributed by atoms with Gasteiger partial charge in [0.1, 0.15) is 12.7 Å². The van der Waals surface area contributed by atoms with Gasteiger partial charge in [0, 0.05) is 17.4 Å². The quantitative estimate of drug-likeness (QED) is 0.421. The average Bonchev–Trinajstić information content (AvgIpc) is 3.42. The van der Waals surface area contributed by atoms with Crippen LogP contribution in [0.1, 0.15) is 20.8 Å². The minimum absolute atomic E-state index is 0.0118. The van der Waals surface area contributed by atoms with Gasteiger partial charge in [-0.3, -0.25) is 0 Å². The van der Waals surface area contributed by atoms with Gasteiger partial charge in [0.05, 0.1) is 26.4 Å². The molecule has 7 nitrogen and oxygen atoms in total. The lowest BCUT2D eigenvalue weighted by Crippen LogP contribution is -2.29. The van der Waals surface area contributed by atoms with Crippen LogP contribution in [0.2, 0.25) is 0 Å². The predicted octanol–water partition coefficient (Wildman–Crippen LogP) is 2.92. The zero-order valence-corrected chi connectivity index (χ0v) is 16.7. The number of epoxide rings is 1. The molecule has 0 radical (unpaired) electrons. The largest absolute Gasteiger partial charge is 0.493 e. The molecule has 1 aliphatic heterocycles. The van der Waals surface area contributed by atoms with E-state index in [1.807, 2.05) is 26.8 Å². The molecular formula is C21H26O7. The Morgan fingerprint density at radius 3 is 2.64 bits per heavy atom. The van der Waals surface area contributed by atoms with Crippen molar-refractivity contribution in [1.82, 2.24) is 0 Å². The lowest BCUT2D eigenvalue weighted by molar-refractivity contribution is 0.0502. The summed E-state index contributed by atoms with van der Waals surface area (Å²) in [6.07, 6.45) is 1.29. The fraction of sp³-hybridized carbons (Fsp3) is 0.476. The fourth-order valence-electron chi connectivity index (χ4n) is 3.17. The normalized spacial score (nSPS) is 20.4. The molecule has 0 bridgehead atoms. The summed E-state index contributed by atoms with van der Waals surface area (Å²) in [5, 5.41) is 11.2. The molecule has 2 aromatic rings. The second-order valence-corrected chi connectivity index (χ2v) is 7.16.